The van der Waals surface area contributed by atoms with Gasteiger partial charge >= 0.3 is 0 Å². The SMILES string of the molecule is CCCCN(C)S(=O)(=O)NCCCN1CCNCC1.Cl.Cl. The summed E-state index contributed by atoms with van der Waals surface area (Å²) in [6.45, 7) is 8.31. The van der Waals surface area contributed by atoms with Gasteiger partial charge in [0.1, 0.15) is 0 Å². The van der Waals surface area contributed by atoms with E-state index >= 15 is 0 Å². The number of nitrogens with zero attached hydrogens (tertiary/aromatic N) is 2. The first-order valence-corrected chi connectivity index (χ1v) is 8.64. The lowest BCUT2D eigenvalue weighted by Gasteiger charge is -2.27. The van der Waals surface area contributed by atoms with Gasteiger partial charge in [-0.2, -0.15) is 12.7 Å². The fourth-order valence-corrected chi connectivity index (χ4v) is 3.04. The summed E-state index contributed by atoms with van der Waals surface area (Å²) in [7, 11) is -1.65. The molecular formula is C12H30Cl2N4O2S. The monoisotopic (exact) mass is 364 g/mol. The molecule has 0 aliphatic carbocycles. The topological polar surface area (TPSA) is 64.7 Å². The van der Waals surface area contributed by atoms with Crippen molar-refractivity contribution in [3.63, 3.8) is 0 Å². The number of unbranched alkanes of at least 4 members (excludes halogenated alkanes) is 1. The molecule has 1 aliphatic rings. The number of halogens is 2. The Hall–Kier alpha value is 0.370. The Morgan fingerprint density at radius 1 is 1.19 bits per heavy atom. The van der Waals surface area contributed by atoms with E-state index in [4.69, 9.17) is 0 Å². The largest absolute Gasteiger partial charge is 0.314 e. The predicted octanol–water partition coefficient (Wildman–Crippen LogP) is 0.692. The second-order valence-electron chi connectivity index (χ2n) is 5.02. The highest BCUT2D eigenvalue weighted by atomic mass is 35.5. The molecule has 1 rings (SSSR count). The molecule has 0 aromatic carbocycles. The molecule has 0 atom stereocenters. The third-order valence-electron chi connectivity index (χ3n) is 3.38. The molecule has 2 N–H and O–H groups in total. The maximum absolute atomic E-state index is 11.9. The Labute approximate surface area is 142 Å². The fraction of sp³-hybridized carbons (Fsp3) is 1.00. The Bertz CT molecular complexity index is 338. The molecule has 9 heteroatoms. The zero-order valence-electron chi connectivity index (χ0n) is 13.0. The lowest BCUT2D eigenvalue weighted by Crippen LogP contribution is -2.44. The first kappa shape index (κ1) is 23.6. The van der Waals surface area contributed by atoms with Gasteiger partial charge in [-0.15, -0.1) is 24.8 Å². The Balaban J connectivity index is 0. The molecule has 1 saturated heterocycles. The molecule has 130 valence electrons. The van der Waals surface area contributed by atoms with E-state index in [0.717, 1.165) is 52.0 Å². The summed E-state index contributed by atoms with van der Waals surface area (Å²) in [6, 6.07) is 0. The van der Waals surface area contributed by atoms with Crippen LogP contribution in [0.25, 0.3) is 0 Å². The molecule has 0 radical (unpaired) electrons. The molecule has 0 aromatic heterocycles. The van der Waals surface area contributed by atoms with Crippen LogP contribution in [0.3, 0.4) is 0 Å². The number of hydrogen-bond donors (Lipinski definition) is 2. The average molecular weight is 365 g/mol. The number of piperazine rings is 1. The van der Waals surface area contributed by atoms with E-state index in [1.807, 2.05) is 0 Å². The van der Waals surface area contributed by atoms with Crippen LogP contribution in [0.4, 0.5) is 0 Å². The van der Waals surface area contributed by atoms with Crippen molar-refractivity contribution in [2.75, 3.05) is 52.9 Å². The standard InChI is InChI=1S/C12H28N4O2S.2ClH/c1-3-4-9-15(2)19(17,18)14-6-5-10-16-11-7-13-8-12-16;;/h13-14H,3-12H2,1-2H3;2*1H. The van der Waals surface area contributed by atoms with Gasteiger partial charge in [0.25, 0.3) is 10.2 Å². The Morgan fingerprint density at radius 2 is 1.81 bits per heavy atom. The van der Waals surface area contributed by atoms with E-state index in [2.05, 4.69) is 21.9 Å². The second kappa shape index (κ2) is 12.9. The first-order chi connectivity index (χ1) is 9.06. The molecule has 1 aliphatic heterocycles. The molecule has 1 fully saturated rings. The summed E-state index contributed by atoms with van der Waals surface area (Å²) >= 11 is 0. The van der Waals surface area contributed by atoms with Gasteiger partial charge in [0.2, 0.25) is 0 Å². The molecule has 0 unspecified atom stereocenters. The molecule has 0 saturated carbocycles. The van der Waals surface area contributed by atoms with Crippen molar-refractivity contribution in [2.24, 2.45) is 0 Å². The third-order valence-corrected chi connectivity index (χ3v) is 4.95. The van der Waals surface area contributed by atoms with Crippen molar-refractivity contribution >= 4 is 35.0 Å². The highest BCUT2D eigenvalue weighted by molar-refractivity contribution is 7.87. The van der Waals surface area contributed by atoms with Crippen LogP contribution < -0.4 is 10.0 Å². The van der Waals surface area contributed by atoms with E-state index in [1.165, 1.54) is 4.31 Å². The van der Waals surface area contributed by atoms with Crippen LogP contribution >= 0.6 is 24.8 Å². The van der Waals surface area contributed by atoms with Crippen LogP contribution in [0.5, 0.6) is 0 Å². The van der Waals surface area contributed by atoms with E-state index in [9.17, 15) is 8.42 Å². The zero-order valence-corrected chi connectivity index (χ0v) is 15.5. The second-order valence-corrected chi connectivity index (χ2v) is 6.88. The van der Waals surface area contributed by atoms with Crippen molar-refractivity contribution < 1.29 is 8.42 Å². The summed E-state index contributed by atoms with van der Waals surface area (Å²) in [4.78, 5) is 2.37. The fourth-order valence-electron chi connectivity index (χ4n) is 2.05. The number of nitrogens with one attached hydrogen (secondary N) is 2. The summed E-state index contributed by atoms with van der Waals surface area (Å²) in [5.74, 6) is 0. The lowest BCUT2D eigenvalue weighted by molar-refractivity contribution is 0.239. The molecule has 1 heterocycles. The van der Waals surface area contributed by atoms with Crippen molar-refractivity contribution in [2.45, 2.75) is 26.2 Å². The van der Waals surface area contributed by atoms with Crippen molar-refractivity contribution in [1.82, 2.24) is 19.2 Å². The molecule has 6 nitrogen and oxygen atoms in total. The smallest absolute Gasteiger partial charge is 0.279 e. The van der Waals surface area contributed by atoms with Crippen LogP contribution in [0.1, 0.15) is 26.2 Å². The Morgan fingerprint density at radius 3 is 2.38 bits per heavy atom. The van der Waals surface area contributed by atoms with Gasteiger partial charge in [0.15, 0.2) is 0 Å². The normalized spacial score (nSPS) is 16.3. The molecule has 0 amide bonds. The maximum atomic E-state index is 11.9. The Kier molecular flexibility index (Phi) is 14.5. The van der Waals surface area contributed by atoms with E-state index in [1.54, 1.807) is 7.05 Å². The zero-order chi connectivity index (χ0) is 14.1. The average Bonchev–Trinajstić information content (AvgIpc) is 2.42. The van der Waals surface area contributed by atoms with Crippen LogP contribution in [0, 0.1) is 0 Å². The number of rotatable bonds is 9. The van der Waals surface area contributed by atoms with Crippen molar-refractivity contribution in [3.05, 3.63) is 0 Å². The minimum atomic E-state index is -3.28. The number of hydrogen-bond acceptors (Lipinski definition) is 4. The summed E-state index contributed by atoms with van der Waals surface area (Å²) in [6.07, 6.45) is 2.77. The van der Waals surface area contributed by atoms with Crippen LogP contribution in [-0.4, -0.2) is 70.5 Å². The minimum absolute atomic E-state index is 0. The van der Waals surface area contributed by atoms with Gasteiger partial charge in [-0.25, -0.2) is 4.72 Å². The van der Waals surface area contributed by atoms with Gasteiger partial charge < -0.3 is 10.2 Å². The van der Waals surface area contributed by atoms with E-state index in [0.29, 0.717) is 13.1 Å². The van der Waals surface area contributed by atoms with Crippen molar-refractivity contribution in [1.29, 1.82) is 0 Å². The summed E-state index contributed by atoms with van der Waals surface area (Å²) < 4.78 is 27.8. The van der Waals surface area contributed by atoms with Gasteiger partial charge in [-0.3, -0.25) is 0 Å². The van der Waals surface area contributed by atoms with Crippen LogP contribution in [0.2, 0.25) is 0 Å². The van der Waals surface area contributed by atoms with E-state index < -0.39 is 10.2 Å². The quantitative estimate of drug-likeness (QED) is 0.590. The first-order valence-electron chi connectivity index (χ1n) is 7.20. The van der Waals surface area contributed by atoms with Gasteiger partial charge in [-0.05, 0) is 19.4 Å². The minimum Gasteiger partial charge on any atom is -0.314 e. The van der Waals surface area contributed by atoms with Crippen LogP contribution in [0.15, 0.2) is 0 Å². The van der Waals surface area contributed by atoms with Gasteiger partial charge in [-0.1, -0.05) is 13.3 Å². The van der Waals surface area contributed by atoms with Gasteiger partial charge in [0, 0.05) is 46.3 Å². The predicted molar refractivity (Wildman–Crippen MR) is 92.9 cm³/mol. The van der Waals surface area contributed by atoms with E-state index in [-0.39, 0.29) is 24.8 Å². The molecule has 0 bridgehead atoms. The molecule has 0 aromatic rings. The summed E-state index contributed by atoms with van der Waals surface area (Å²) in [5.41, 5.74) is 0. The highest BCUT2D eigenvalue weighted by Gasteiger charge is 2.16. The van der Waals surface area contributed by atoms with Crippen LogP contribution in [-0.2, 0) is 10.2 Å². The summed E-state index contributed by atoms with van der Waals surface area (Å²) in [5, 5.41) is 3.30. The van der Waals surface area contributed by atoms with Crippen molar-refractivity contribution in [3.8, 4) is 0 Å². The molecule has 21 heavy (non-hydrogen) atoms. The highest BCUT2D eigenvalue weighted by Crippen LogP contribution is 1.99. The van der Waals surface area contributed by atoms with Gasteiger partial charge in [0.05, 0.1) is 0 Å². The molecular weight excluding hydrogens is 335 g/mol. The maximum Gasteiger partial charge on any atom is 0.279 e. The lowest BCUT2D eigenvalue weighted by atomic mass is 10.3. The third kappa shape index (κ3) is 9.89. The molecule has 0 spiro atoms.